The van der Waals surface area contributed by atoms with E-state index >= 15 is 0 Å². The van der Waals surface area contributed by atoms with Crippen LogP contribution in [0.1, 0.15) is 63.5 Å². The number of carbonyl (C=O) groups excluding carboxylic acids is 2. The van der Waals surface area contributed by atoms with Gasteiger partial charge in [0, 0.05) is 12.4 Å². The fraction of sp³-hybridized carbons (Fsp3) is 0.636. The van der Waals surface area contributed by atoms with Gasteiger partial charge >= 0.3 is 6.03 Å². The number of carbonyl (C=O) groups is 2. The molecule has 0 spiro atoms. The Bertz CT molecular complexity index is 839. The Morgan fingerprint density at radius 1 is 1.28 bits per heavy atom. The highest BCUT2D eigenvalue weighted by Gasteiger charge is 2.36. The average Bonchev–Trinajstić information content (AvgIpc) is 2.80. The van der Waals surface area contributed by atoms with Crippen molar-refractivity contribution in [1.29, 1.82) is 5.26 Å². The van der Waals surface area contributed by atoms with Crippen molar-refractivity contribution in [2.75, 3.05) is 13.1 Å². The van der Waals surface area contributed by atoms with Gasteiger partial charge in [-0.25, -0.2) is 9.78 Å². The van der Waals surface area contributed by atoms with Gasteiger partial charge in [0.1, 0.15) is 11.7 Å². The molecule has 5 N–H and O–H groups in total. The fourth-order valence-corrected chi connectivity index (χ4v) is 4.56. The summed E-state index contributed by atoms with van der Waals surface area (Å²) in [6, 6.07) is 0.711. The van der Waals surface area contributed by atoms with Crippen molar-refractivity contribution in [1.82, 2.24) is 25.9 Å². The van der Waals surface area contributed by atoms with Gasteiger partial charge in [-0.1, -0.05) is 32.1 Å². The van der Waals surface area contributed by atoms with Crippen LogP contribution in [0, 0.1) is 17.2 Å². The Labute approximate surface area is 188 Å². The van der Waals surface area contributed by atoms with Crippen LogP contribution < -0.4 is 21.7 Å². The molecule has 1 aliphatic carbocycles. The Morgan fingerprint density at radius 3 is 2.66 bits per heavy atom. The van der Waals surface area contributed by atoms with Crippen LogP contribution in [-0.4, -0.2) is 52.4 Å². The topological polar surface area (TPSA) is 158 Å². The van der Waals surface area contributed by atoms with Crippen LogP contribution in [0.25, 0.3) is 0 Å². The summed E-state index contributed by atoms with van der Waals surface area (Å²) in [6.07, 6.45) is 12.2. The molecule has 1 aromatic heterocycles. The highest BCUT2D eigenvalue weighted by molar-refractivity contribution is 6.06. The van der Waals surface area contributed by atoms with Gasteiger partial charge in [-0.2, -0.15) is 5.26 Å². The maximum Gasteiger partial charge on any atom is 0.317 e. The number of aliphatic imine (C=N–C) groups is 1. The molecule has 10 heteroatoms. The third-order valence-corrected chi connectivity index (χ3v) is 6.28. The molecule has 3 rings (SSSR count). The van der Waals surface area contributed by atoms with E-state index in [-0.39, 0.29) is 18.2 Å². The molecule has 0 aromatic carbocycles. The molecular formula is C22H32N8O2. The maximum absolute atomic E-state index is 13.5. The third kappa shape index (κ3) is 6.72. The lowest BCUT2D eigenvalue weighted by Crippen LogP contribution is -2.56. The molecule has 1 unspecified atom stereocenters. The number of primary amides is 1. The summed E-state index contributed by atoms with van der Waals surface area (Å²) in [6.45, 7) is 1.49. The smallest absolute Gasteiger partial charge is 0.317 e. The zero-order valence-corrected chi connectivity index (χ0v) is 18.3. The molecule has 1 aromatic rings. The van der Waals surface area contributed by atoms with Crippen molar-refractivity contribution in [2.24, 2.45) is 16.6 Å². The molecule has 1 saturated heterocycles. The number of rotatable bonds is 7. The van der Waals surface area contributed by atoms with Gasteiger partial charge in [-0.15, -0.1) is 0 Å². The second kappa shape index (κ2) is 11.5. The number of amides is 3. The average molecular weight is 441 g/mol. The number of nitrogens with two attached hydrogens (primary N) is 1. The maximum atomic E-state index is 13.5. The Hall–Kier alpha value is -3.06. The lowest BCUT2D eigenvalue weighted by Gasteiger charge is -2.37. The molecule has 1 atom stereocenters. The summed E-state index contributed by atoms with van der Waals surface area (Å²) in [5.74, 6) is 0.265. The number of nitrogens with zero attached hydrogens (tertiary/aromatic N) is 4. The minimum atomic E-state index is -0.787. The second-order valence-electron chi connectivity index (χ2n) is 8.67. The first-order valence-corrected chi connectivity index (χ1v) is 11.3. The molecular weight excluding hydrogens is 408 g/mol. The van der Waals surface area contributed by atoms with Gasteiger partial charge in [0.15, 0.2) is 5.84 Å². The first-order valence-electron chi connectivity index (χ1n) is 11.3. The minimum Gasteiger partial charge on any atom is -0.351 e. The van der Waals surface area contributed by atoms with Crippen molar-refractivity contribution in [2.45, 2.75) is 69.4 Å². The van der Waals surface area contributed by atoms with Crippen LogP contribution in [-0.2, 0) is 4.79 Å². The largest absolute Gasteiger partial charge is 0.351 e. The van der Waals surface area contributed by atoms with Gasteiger partial charge in [0.2, 0.25) is 5.91 Å². The minimum absolute atomic E-state index is 0.126. The molecule has 2 fully saturated rings. The monoisotopic (exact) mass is 440 g/mol. The molecule has 2 heterocycles. The van der Waals surface area contributed by atoms with Crippen molar-refractivity contribution < 1.29 is 9.59 Å². The third-order valence-electron chi connectivity index (χ3n) is 6.28. The van der Waals surface area contributed by atoms with E-state index in [2.05, 4.69) is 37.0 Å². The van der Waals surface area contributed by atoms with Gasteiger partial charge in [0.25, 0.3) is 0 Å². The molecule has 1 aliphatic heterocycles. The van der Waals surface area contributed by atoms with Gasteiger partial charge in [0.05, 0.1) is 24.2 Å². The zero-order chi connectivity index (χ0) is 22.8. The van der Waals surface area contributed by atoms with Gasteiger partial charge in [-0.05, 0) is 38.3 Å². The van der Waals surface area contributed by atoms with Crippen LogP contribution in [0.5, 0.6) is 0 Å². The number of aromatic nitrogens is 2. The molecule has 1 saturated carbocycles. The number of piperidine rings is 1. The van der Waals surface area contributed by atoms with Crippen LogP contribution in [0.4, 0.5) is 4.79 Å². The van der Waals surface area contributed by atoms with Crippen molar-refractivity contribution in [3.63, 3.8) is 0 Å². The van der Waals surface area contributed by atoms with E-state index in [1.807, 2.05) is 0 Å². The highest BCUT2D eigenvalue weighted by Crippen LogP contribution is 2.29. The van der Waals surface area contributed by atoms with Gasteiger partial charge in [-0.3, -0.25) is 20.1 Å². The first-order chi connectivity index (χ1) is 15.5. The molecule has 3 amide bonds. The van der Waals surface area contributed by atoms with E-state index in [1.165, 1.54) is 25.0 Å². The standard InChI is InChI=1S/C22H32N8O2/c23-9-6-22(7-10-25-11-8-22)30-20(31)17(14-16-4-2-1-3-5-16)28-19(29-21(24)32)18-15-26-12-13-27-18/h12-13,15-17,25H,1-8,10-11,14H2,(H,30,31)(H3,24,28,29,32). The van der Waals surface area contributed by atoms with Crippen molar-refractivity contribution in [3.05, 3.63) is 24.3 Å². The first kappa shape index (κ1) is 23.6. The summed E-state index contributed by atoms with van der Waals surface area (Å²) in [5.41, 5.74) is 5.12. The Balaban J connectivity index is 1.88. The van der Waals surface area contributed by atoms with E-state index in [0.29, 0.717) is 30.9 Å². The summed E-state index contributed by atoms with van der Waals surface area (Å²) in [5, 5.41) is 18.3. The summed E-state index contributed by atoms with van der Waals surface area (Å²) in [4.78, 5) is 38.0. The van der Waals surface area contributed by atoms with E-state index in [0.717, 1.165) is 38.8 Å². The molecule has 2 aliphatic rings. The fourth-order valence-electron chi connectivity index (χ4n) is 4.56. The number of nitriles is 1. The van der Waals surface area contributed by atoms with E-state index in [1.54, 1.807) is 0 Å². The lowest BCUT2D eigenvalue weighted by atomic mass is 9.83. The predicted octanol–water partition coefficient (Wildman–Crippen LogP) is 1.38. The SMILES string of the molecule is N#CCC1(NC(=O)C(CC2CCCCC2)N=C(NC(N)=O)c2cnccn2)CCNCC1. The number of hydrogen-bond acceptors (Lipinski definition) is 7. The number of amidine groups is 1. The van der Waals surface area contributed by atoms with E-state index < -0.39 is 17.6 Å². The highest BCUT2D eigenvalue weighted by atomic mass is 16.2. The van der Waals surface area contributed by atoms with Crippen LogP contribution in [0.3, 0.4) is 0 Å². The van der Waals surface area contributed by atoms with E-state index in [9.17, 15) is 14.9 Å². The number of nitrogens with one attached hydrogen (secondary N) is 3. The van der Waals surface area contributed by atoms with Crippen molar-refractivity contribution in [3.8, 4) is 6.07 Å². The quantitative estimate of drug-likeness (QED) is 0.370. The summed E-state index contributed by atoms with van der Waals surface area (Å²) < 4.78 is 0. The van der Waals surface area contributed by atoms with E-state index in [4.69, 9.17) is 5.73 Å². The molecule has 0 bridgehead atoms. The Kier molecular flexibility index (Phi) is 8.50. The number of hydrogen-bond donors (Lipinski definition) is 4. The summed E-state index contributed by atoms with van der Waals surface area (Å²) >= 11 is 0. The Morgan fingerprint density at radius 2 is 2.03 bits per heavy atom. The molecule has 32 heavy (non-hydrogen) atoms. The molecule has 10 nitrogen and oxygen atoms in total. The van der Waals surface area contributed by atoms with Gasteiger partial charge < -0.3 is 16.4 Å². The predicted molar refractivity (Wildman–Crippen MR) is 119 cm³/mol. The molecule has 172 valence electrons. The lowest BCUT2D eigenvalue weighted by molar-refractivity contribution is -0.125. The normalized spacial score (nSPS) is 20.0. The molecule has 0 radical (unpaired) electrons. The number of urea groups is 1. The van der Waals surface area contributed by atoms with Crippen molar-refractivity contribution >= 4 is 17.8 Å². The zero-order valence-electron chi connectivity index (χ0n) is 18.3. The summed E-state index contributed by atoms with van der Waals surface area (Å²) in [7, 11) is 0. The van der Waals surface area contributed by atoms with Crippen LogP contribution >= 0.6 is 0 Å². The van der Waals surface area contributed by atoms with Crippen LogP contribution in [0.2, 0.25) is 0 Å². The van der Waals surface area contributed by atoms with Crippen LogP contribution in [0.15, 0.2) is 23.6 Å². The second-order valence-corrected chi connectivity index (χ2v) is 8.67.